The zero-order chi connectivity index (χ0) is 15.0. The van der Waals surface area contributed by atoms with Crippen LogP contribution in [-0.4, -0.2) is 10.4 Å². The van der Waals surface area contributed by atoms with Crippen molar-refractivity contribution >= 4 is 59.9 Å². The standard InChI is InChI=1S/C15H8Br2N2OS/c16-14-6-11(15(17)21-14)13(20)8-19-4-3-10-2-1-9(7-18)5-12(10)19/h1-6H,8H2. The molecule has 0 saturated carbocycles. The van der Waals surface area contributed by atoms with Crippen molar-refractivity contribution < 1.29 is 4.79 Å². The van der Waals surface area contributed by atoms with Gasteiger partial charge in [-0.15, -0.1) is 11.3 Å². The number of ketones is 1. The zero-order valence-electron chi connectivity index (χ0n) is 10.6. The first-order chi connectivity index (χ1) is 10.1. The van der Waals surface area contributed by atoms with Crippen molar-refractivity contribution in [2.75, 3.05) is 0 Å². The number of rotatable bonds is 3. The van der Waals surface area contributed by atoms with Gasteiger partial charge in [0.15, 0.2) is 5.78 Å². The summed E-state index contributed by atoms with van der Waals surface area (Å²) < 4.78 is 3.62. The Kier molecular flexibility index (Phi) is 3.98. The Morgan fingerprint density at radius 1 is 1.29 bits per heavy atom. The number of hydrogen-bond acceptors (Lipinski definition) is 3. The monoisotopic (exact) mass is 422 g/mol. The first-order valence-electron chi connectivity index (χ1n) is 6.05. The number of carbonyl (C=O) groups is 1. The molecular weight excluding hydrogens is 416 g/mol. The van der Waals surface area contributed by atoms with E-state index in [4.69, 9.17) is 5.26 Å². The van der Waals surface area contributed by atoms with Crippen LogP contribution >= 0.6 is 43.2 Å². The number of halogens is 2. The molecule has 2 aromatic heterocycles. The van der Waals surface area contributed by atoms with Crippen LogP contribution in [0.4, 0.5) is 0 Å². The molecule has 0 bridgehead atoms. The lowest BCUT2D eigenvalue weighted by Crippen LogP contribution is -2.09. The fraction of sp³-hybridized carbons (Fsp3) is 0.0667. The molecule has 3 aromatic rings. The molecule has 3 rings (SSSR count). The van der Waals surface area contributed by atoms with Crippen LogP contribution in [0.1, 0.15) is 15.9 Å². The SMILES string of the molecule is N#Cc1ccc2ccn(CC(=O)c3cc(Br)sc3Br)c2c1. The van der Waals surface area contributed by atoms with E-state index in [0.29, 0.717) is 11.1 Å². The fourth-order valence-electron chi connectivity index (χ4n) is 2.16. The van der Waals surface area contributed by atoms with Crippen LogP contribution in [0.15, 0.2) is 44.1 Å². The van der Waals surface area contributed by atoms with Crippen molar-refractivity contribution in [2.24, 2.45) is 0 Å². The van der Waals surface area contributed by atoms with Crippen LogP contribution in [0, 0.1) is 11.3 Å². The van der Waals surface area contributed by atoms with Crippen LogP contribution in [-0.2, 0) is 6.54 Å². The van der Waals surface area contributed by atoms with Crippen molar-refractivity contribution in [1.82, 2.24) is 4.57 Å². The second-order valence-corrected chi connectivity index (χ2v) is 8.24. The average molecular weight is 424 g/mol. The fourth-order valence-corrected chi connectivity index (χ4v) is 5.02. The Morgan fingerprint density at radius 2 is 2.10 bits per heavy atom. The Morgan fingerprint density at radius 3 is 2.76 bits per heavy atom. The Hall–Kier alpha value is -1.42. The summed E-state index contributed by atoms with van der Waals surface area (Å²) in [5, 5.41) is 10.0. The maximum absolute atomic E-state index is 12.4. The van der Waals surface area contributed by atoms with Crippen LogP contribution in [0.25, 0.3) is 10.9 Å². The summed E-state index contributed by atoms with van der Waals surface area (Å²) in [5.41, 5.74) is 2.16. The second kappa shape index (κ2) is 5.76. The molecule has 0 atom stereocenters. The van der Waals surface area contributed by atoms with Gasteiger partial charge in [-0.05, 0) is 61.5 Å². The number of aromatic nitrogens is 1. The molecule has 2 heterocycles. The third kappa shape index (κ3) is 2.82. The maximum Gasteiger partial charge on any atom is 0.184 e. The van der Waals surface area contributed by atoms with Gasteiger partial charge < -0.3 is 4.57 Å². The number of fused-ring (bicyclic) bond motifs is 1. The van der Waals surface area contributed by atoms with E-state index in [9.17, 15) is 4.79 Å². The number of Topliss-reactive ketones (excluding diaryl/α,β-unsaturated/α-hetero) is 1. The molecule has 0 radical (unpaired) electrons. The van der Waals surface area contributed by atoms with Crippen LogP contribution in [0.3, 0.4) is 0 Å². The van der Waals surface area contributed by atoms with E-state index in [1.165, 1.54) is 11.3 Å². The van der Waals surface area contributed by atoms with E-state index in [0.717, 1.165) is 18.5 Å². The van der Waals surface area contributed by atoms with E-state index < -0.39 is 0 Å². The van der Waals surface area contributed by atoms with E-state index in [1.807, 2.05) is 29.0 Å². The molecule has 0 aliphatic heterocycles. The van der Waals surface area contributed by atoms with Crippen molar-refractivity contribution in [3.05, 3.63) is 55.2 Å². The predicted molar refractivity (Wildman–Crippen MR) is 90.7 cm³/mol. The number of benzene rings is 1. The average Bonchev–Trinajstić information content (AvgIpc) is 3.01. The second-order valence-electron chi connectivity index (χ2n) is 4.49. The number of hydrogen-bond donors (Lipinski definition) is 0. The first-order valence-corrected chi connectivity index (χ1v) is 8.46. The van der Waals surface area contributed by atoms with Gasteiger partial charge in [-0.3, -0.25) is 4.79 Å². The Labute approximate surface area is 142 Å². The zero-order valence-corrected chi connectivity index (χ0v) is 14.6. The largest absolute Gasteiger partial charge is 0.340 e. The Bertz CT molecular complexity index is 889. The predicted octanol–water partition coefficient (Wildman–Crippen LogP) is 4.98. The van der Waals surface area contributed by atoms with Crippen molar-refractivity contribution in [1.29, 1.82) is 5.26 Å². The smallest absolute Gasteiger partial charge is 0.184 e. The topological polar surface area (TPSA) is 45.8 Å². The van der Waals surface area contributed by atoms with Gasteiger partial charge in [0.05, 0.1) is 25.8 Å². The van der Waals surface area contributed by atoms with Crippen LogP contribution < -0.4 is 0 Å². The van der Waals surface area contributed by atoms with E-state index in [1.54, 1.807) is 12.1 Å². The lowest BCUT2D eigenvalue weighted by atomic mass is 10.2. The molecule has 0 unspecified atom stereocenters. The van der Waals surface area contributed by atoms with E-state index in [-0.39, 0.29) is 12.3 Å². The van der Waals surface area contributed by atoms with Crippen molar-refractivity contribution in [2.45, 2.75) is 6.54 Å². The van der Waals surface area contributed by atoms with Gasteiger partial charge in [-0.25, -0.2) is 0 Å². The van der Waals surface area contributed by atoms with Gasteiger partial charge in [0.25, 0.3) is 0 Å². The lowest BCUT2D eigenvalue weighted by Gasteiger charge is -2.04. The van der Waals surface area contributed by atoms with Gasteiger partial charge in [-0.1, -0.05) is 6.07 Å². The number of nitriles is 1. The number of thiophene rings is 1. The molecule has 0 fully saturated rings. The van der Waals surface area contributed by atoms with Gasteiger partial charge in [-0.2, -0.15) is 5.26 Å². The molecule has 0 saturated heterocycles. The molecular formula is C15H8Br2N2OS. The first kappa shape index (κ1) is 14.5. The van der Waals surface area contributed by atoms with E-state index >= 15 is 0 Å². The van der Waals surface area contributed by atoms with Gasteiger partial charge in [0.1, 0.15) is 0 Å². The highest BCUT2D eigenvalue weighted by molar-refractivity contribution is 9.12. The van der Waals surface area contributed by atoms with Gasteiger partial charge in [0.2, 0.25) is 0 Å². The van der Waals surface area contributed by atoms with Crippen molar-refractivity contribution in [3.63, 3.8) is 0 Å². The van der Waals surface area contributed by atoms with Crippen molar-refractivity contribution in [3.8, 4) is 6.07 Å². The quantitative estimate of drug-likeness (QED) is 0.557. The maximum atomic E-state index is 12.4. The van der Waals surface area contributed by atoms with Gasteiger partial charge in [0, 0.05) is 17.3 Å². The molecule has 0 spiro atoms. The molecule has 3 nitrogen and oxygen atoms in total. The molecule has 0 aliphatic carbocycles. The highest BCUT2D eigenvalue weighted by Gasteiger charge is 2.15. The molecule has 6 heteroatoms. The third-order valence-corrected chi connectivity index (χ3v) is 5.51. The minimum Gasteiger partial charge on any atom is -0.340 e. The summed E-state index contributed by atoms with van der Waals surface area (Å²) >= 11 is 8.27. The van der Waals surface area contributed by atoms with Gasteiger partial charge >= 0.3 is 0 Å². The summed E-state index contributed by atoms with van der Waals surface area (Å²) in [5.74, 6) is 0.0312. The highest BCUT2D eigenvalue weighted by Crippen LogP contribution is 2.32. The minimum atomic E-state index is 0.0312. The third-order valence-electron chi connectivity index (χ3n) is 3.17. The molecule has 21 heavy (non-hydrogen) atoms. The Balaban J connectivity index is 1.96. The minimum absolute atomic E-state index is 0.0312. The van der Waals surface area contributed by atoms with Crippen LogP contribution in [0.2, 0.25) is 0 Å². The number of carbonyl (C=O) groups excluding carboxylic acids is 1. The summed E-state index contributed by atoms with van der Waals surface area (Å²) in [6, 6.07) is 11.4. The summed E-state index contributed by atoms with van der Waals surface area (Å²) in [4.78, 5) is 12.4. The summed E-state index contributed by atoms with van der Waals surface area (Å²) in [7, 11) is 0. The molecule has 0 N–H and O–H groups in total. The normalized spacial score (nSPS) is 10.7. The van der Waals surface area contributed by atoms with Crippen LogP contribution in [0.5, 0.6) is 0 Å². The molecule has 1 aromatic carbocycles. The summed E-state index contributed by atoms with van der Waals surface area (Å²) in [6.07, 6.45) is 1.87. The highest BCUT2D eigenvalue weighted by atomic mass is 79.9. The molecule has 0 amide bonds. The number of nitrogens with zero attached hydrogens (tertiary/aromatic N) is 2. The molecule has 104 valence electrons. The molecule has 0 aliphatic rings. The summed E-state index contributed by atoms with van der Waals surface area (Å²) in [6.45, 7) is 0.250. The lowest BCUT2D eigenvalue weighted by molar-refractivity contribution is 0.0973. The van der Waals surface area contributed by atoms with E-state index in [2.05, 4.69) is 37.9 Å².